The summed E-state index contributed by atoms with van der Waals surface area (Å²) in [5.74, 6) is 0.956. The van der Waals surface area contributed by atoms with E-state index in [1.54, 1.807) is 18.4 Å². The average Bonchev–Trinajstić information content (AvgIpc) is 2.92. The van der Waals surface area contributed by atoms with Crippen molar-refractivity contribution in [3.63, 3.8) is 0 Å². The molecule has 1 aromatic heterocycles. The number of thiazole rings is 1. The van der Waals surface area contributed by atoms with E-state index in [0.29, 0.717) is 6.04 Å². The van der Waals surface area contributed by atoms with Gasteiger partial charge in [-0.1, -0.05) is 6.07 Å². The normalized spacial score (nSPS) is 17.5. The third-order valence-electron chi connectivity index (χ3n) is 4.11. The van der Waals surface area contributed by atoms with E-state index < -0.39 is 0 Å². The van der Waals surface area contributed by atoms with E-state index in [9.17, 15) is 0 Å². The molecule has 1 aliphatic carbocycles. The summed E-state index contributed by atoms with van der Waals surface area (Å²) in [4.78, 5) is 4.52. The number of aromatic nitrogens is 1. The molecule has 0 radical (unpaired) electrons. The fourth-order valence-electron chi connectivity index (χ4n) is 3.01. The van der Waals surface area contributed by atoms with Gasteiger partial charge in [0.15, 0.2) is 0 Å². The minimum atomic E-state index is 0.448. The van der Waals surface area contributed by atoms with Gasteiger partial charge in [-0.3, -0.25) is 0 Å². The minimum absolute atomic E-state index is 0.448. The van der Waals surface area contributed by atoms with Crippen LogP contribution in [-0.4, -0.2) is 18.6 Å². The summed E-state index contributed by atoms with van der Waals surface area (Å²) >= 11 is 1.73. The Morgan fingerprint density at radius 1 is 1.43 bits per heavy atom. The van der Waals surface area contributed by atoms with Crippen LogP contribution in [0.1, 0.15) is 40.7 Å². The number of ether oxygens (including phenoxy) is 1. The lowest BCUT2D eigenvalue weighted by molar-refractivity contribution is 0.409. The van der Waals surface area contributed by atoms with E-state index in [1.165, 1.54) is 36.1 Å². The van der Waals surface area contributed by atoms with Crippen LogP contribution >= 0.6 is 11.3 Å². The molecule has 0 saturated carbocycles. The number of methoxy groups -OCH3 is 1. The van der Waals surface area contributed by atoms with Gasteiger partial charge in [0.1, 0.15) is 5.75 Å². The largest absolute Gasteiger partial charge is 0.497 e. The highest BCUT2D eigenvalue weighted by molar-refractivity contribution is 7.09. The molecule has 21 heavy (non-hydrogen) atoms. The van der Waals surface area contributed by atoms with Crippen LogP contribution in [0.3, 0.4) is 0 Å². The number of nitrogens with zero attached hydrogens (tertiary/aromatic N) is 1. The zero-order valence-electron chi connectivity index (χ0n) is 12.7. The minimum Gasteiger partial charge on any atom is -0.497 e. The molecule has 0 spiro atoms. The molecule has 1 unspecified atom stereocenters. The van der Waals surface area contributed by atoms with E-state index in [-0.39, 0.29) is 0 Å². The Kier molecular flexibility index (Phi) is 4.56. The topological polar surface area (TPSA) is 34.1 Å². The summed E-state index contributed by atoms with van der Waals surface area (Å²) in [5, 5.41) is 7.01. The summed E-state index contributed by atoms with van der Waals surface area (Å²) in [6, 6.07) is 6.92. The molecule has 1 aliphatic rings. The predicted octanol–water partition coefficient (Wildman–Crippen LogP) is 3.67. The number of hydrogen-bond donors (Lipinski definition) is 1. The Bertz CT molecular complexity index is 609. The summed E-state index contributed by atoms with van der Waals surface area (Å²) in [7, 11) is 1.73. The van der Waals surface area contributed by atoms with Gasteiger partial charge in [0, 0.05) is 24.4 Å². The number of aryl methyl sites for hydroxylation is 2. The Hall–Kier alpha value is -1.39. The molecule has 1 heterocycles. The van der Waals surface area contributed by atoms with Gasteiger partial charge in [-0.2, -0.15) is 0 Å². The average molecular weight is 302 g/mol. The highest BCUT2D eigenvalue weighted by atomic mass is 32.1. The molecule has 4 heteroatoms. The first-order chi connectivity index (χ1) is 10.3. The molecule has 3 nitrogen and oxygen atoms in total. The van der Waals surface area contributed by atoms with Crippen LogP contribution in [-0.2, 0) is 12.8 Å². The summed E-state index contributed by atoms with van der Waals surface area (Å²) in [6.07, 6.45) is 4.64. The van der Waals surface area contributed by atoms with Gasteiger partial charge in [-0.05, 0) is 49.4 Å². The smallest absolute Gasteiger partial charge is 0.119 e. The third kappa shape index (κ3) is 3.44. The number of benzene rings is 1. The molecule has 3 rings (SSSR count). The lowest BCUT2D eigenvalue weighted by Crippen LogP contribution is -2.27. The second-order valence-electron chi connectivity index (χ2n) is 5.57. The van der Waals surface area contributed by atoms with E-state index in [1.807, 2.05) is 0 Å². The van der Waals surface area contributed by atoms with Crippen molar-refractivity contribution in [1.82, 2.24) is 10.3 Å². The SMILES string of the molecule is COc1ccc2c(c1)C(NCCc1csc(C)n1)CCC2. The lowest BCUT2D eigenvalue weighted by atomic mass is 9.87. The van der Waals surface area contributed by atoms with Crippen LogP contribution in [0.15, 0.2) is 23.6 Å². The monoisotopic (exact) mass is 302 g/mol. The van der Waals surface area contributed by atoms with Crippen molar-refractivity contribution < 1.29 is 4.74 Å². The first kappa shape index (κ1) is 14.5. The van der Waals surface area contributed by atoms with Gasteiger partial charge < -0.3 is 10.1 Å². The molecule has 0 bridgehead atoms. The van der Waals surface area contributed by atoms with E-state index >= 15 is 0 Å². The van der Waals surface area contributed by atoms with Gasteiger partial charge in [-0.25, -0.2) is 4.98 Å². The summed E-state index contributed by atoms with van der Waals surface area (Å²) in [5.41, 5.74) is 4.07. The van der Waals surface area contributed by atoms with Crippen LogP contribution < -0.4 is 10.1 Å². The number of hydrogen-bond acceptors (Lipinski definition) is 4. The molecule has 0 saturated heterocycles. The highest BCUT2D eigenvalue weighted by Crippen LogP contribution is 2.32. The van der Waals surface area contributed by atoms with Gasteiger partial charge in [0.05, 0.1) is 17.8 Å². The molecule has 1 aromatic carbocycles. The maximum absolute atomic E-state index is 5.37. The van der Waals surface area contributed by atoms with Gasteiger partial charge in [0.2, 0.25) is 0 Å². The maximum Gasteiger partial charge on any atom is 0.119 e. The van der Waals surface area contributed by atoms with Crippen molar-refractivity contribution in [2.24, 2.45) is 0 Å². The maximum atomic E-state index is 5.37. The van der Waals surface area contributed by atoms with Crippen molar-refractivity contribution >= 4 is 11.3 Å². The Morgan fingerprint density at radius 2 is 2.33 bits per heavy atom. The molecule has 0 fully saturated rings. The molecule has 1 atom stereocenters. The number of fused-ring (bicyclic) bond motifs is 1. The van der Waals surface area contributed by atoms with Crippen LogP contribution in [0.5, 0.6) is 5.75 Å². The molecular weight excluding hydrogens is 280 g/mol. The van der Waals surface area contributed by atoms with Crippen molar-refractivity contribution in [2.75, 3.05) is 13.7 Å². The van der Waals surface area contributed by atoms with E-state index in [0.717, 1.165) is 23.7 Å². The van der Waals surface area contributed by atoms with E-state index in [4.69, 9.17) is 4.74 Å². The fraction of sp³-hybridized carbons (Fsp3) is 0.471. The van der Waals surface area contributed by atoms with Crippen molar-refractivity contribution in [3.8, 4) is 5.75 Å². The summed E-state index contributed by atoms with van der Waals surface area (Å²) in [6.45, 7) is 3.04. The van der Waals surface area contributed by atoms with Crippen LogP contribution in [0, 0.1) is 6.92 Å². The van der Waals surface area contributed by atoms with Crippen molar-refractivity contribution in [3.05, 3.63) is 45.4 Å². The van der Waals surface area contributed by atoms with Crippen LogP contribution in [0.2, 0.25) is 0 Å². The van der Waals surface area contributed by atoms with Crippen LogP contribution in [0.25, 0.3) is 0 Å². The molecule has 2 aromatic rings. The second-order valence-corrected chi connectivity index (χ2v) is 6.63. The van der Waals surface area contributed by atoms with Crippen molar-refractivity contribution in [2.45, 2.75) is 38.6 Å². The lowest BCUT2D eigenvalue weighted by Gasteiger charge is -2.27. The zero-order valence-corrected chi connectivity index (χ0v) is 13.5. The Balaban J connectivity index is 1.64. The second kappa shape index (κ2) is 6.58. The number of nitrogens with one attached hydrogen (secondary N) is 1. The molecule has 112 valence electrons. The van der Waals surface area contributed by atoms with Gasteiger partial charge in [-0.15, -0.1) is 11.3 Å². The Labute approximate surface area is 130 Å². The first-order valence-electron chi connectivity index (χ1n) is 7.57. The molecular formula is C17H22N2OS. The molecule has 0 amide bonds. The third-order valence-corrected chi connectivity index (χ3v) is 4.93. The fourth-order valence-corrected chi connectivity index (χ4v) is 3.66. The van der Waals surface area contributed by atoms with Gasteiger partial charge >= 0.3 is 0 Å². The molecule has 1 N–H and O–H groups in total. The molecule has 0 aliphatic heterocycles. The van der Waals surface area contributed by atoms with Crippen LogP contribution in [0.4, 0.5) is 0 Å². The van der Waals surface area contributed by atoms with Gasteiger partial charge in [0.25, 0.3) is 0 Å². The predicted molar refractivity (Wildman–Crippen MR) is 87.2 cm³/mol. The number of rotatable bonds is 5. The first-order valence-corrected chi connectivity index (χ1v) is 8.45. The quantitative estimate of drug-likeness (QED) is 0.915. The Morgan fingerprint density at radius 3 is 3.10 bits per heavy atom. The van der Waals surface area contributed by atoms with Crippen molar-refractivity contribution in [1.29, 1.82) is 0 Å². The zero-order chi connectivity index (χ0) is 14.7. The van der Waals surface area contributed by atoms with E-state index in [2.05, 4.69) is 40.8 Å². The standard InChI is InChI=1S/C17H22N2OS/c1-12-19-14(11-21-12)8-9-18-17-5-3-4-13-6-7-15(20-2)10-16(13)17/h6-7,10-11,17-18H,3-5,8-9H2,1-2H3. The summed E-state index contributed by atoms with van der Waals surface area (Å²) < 4.78 is 5.37. The highest BCUT2D eigenvalue weighted by Gasteiger charge is 2.20.